The van der Waals surface area contributed by atoms with Crippen molar-refractivity contribution in [2.24, 2.45) is 0 Å². The summed E-state index contributed by atoms with van der Waals surface area (Å²) in [6.07, 6.45) is 1.70. The molecule has 0 aliphatic heterocycles. The first-order chi connectivity index (χ1) is 9.45. The van der Waals surface area contributed by atoms with E-state index < -0.39 is 0 Å². The lowest BCUT2D eigenvalue weighted by Gasteiger charge is -2.11. The van der Waals surface area contributed by atoms with Gasteiger partial charge in [-0.05, 0) is 38.8 Å². The van der Waals surface area contributed by atoms with Crippen LogP contribution in [0.2, 0.25) is 0 Å². The van der Waals surface area contributed by atoms with Gasteiger partial charge in [0, 0.05) is 12.1 Å². The van der Waals surface area contributed by atoms with Crippen LogP contribution in [0.15, 0.2) is 35.3 Å². The molecule has 2 rings (SSSR count). The highest BCUT2D eigenvalue weighted by Gasteiger charge is 2.05. The van der Waals surface area contributed by atoms with Crippen LogP contribution in [-0.2, 0) is 6.54 Å². The van der Waals surface area contributed by atoms with E-state index >= 15 is 0 Å². The van der Waals surface area contributed by atoms with Gasteiger partial charge in [0.05, 0.1) is 18.4 Å². The minimum atomic E-state index is -0.0865. The summed E-state index contributed by atoms with van der Waals surface area (Å²) in [7, 11) is 0. The molecule has 1 heterocycles. The summed E-state index contributed by atoms with van der Waals surface area (Å²) in [5.41, 5.74) is 4.17. The smallest absolute Gasteiger partial charge is 0.269 e. The summed E-state index contributed by atoms with van der Waals surface area (Å²) in [5, 5.41) is 7.42. The summed E-state index contributed by atoms with van der Waals surface area (Å²) < 4.78 is 1.49. The van der Waals surface area contributed by atoms with Crippen molar-refractivity contribution in [1.29, 1.82) is 0 Å². The Bertz CT molecular complexity index is 659. The molecule has 0 saturated carbocycles. The quantitative estimate of drug-likeness (QED) is 0.930. The minimum Gasteiger partial charge on any atom is -0.381 e. The Morgan fingerprint density at radius 1 is 1.25 bits per heavy atom. The maximum Gasteiger partial charge on any atom is 0.269 e. The van der Waals surface area contributed by atoms with Crippen molar-refractivity contribution in [2.75, 3.05) is 5.32 Å². The third kappa shape index (κ3) is 3.47. The molecule has 0 saturated heterocycles. The largest absolute Gasteiger partial charge is 0.381 e. The average molecular weight is 271 g/mol. The fourth-order valence-corrected chi connectivity index (χ4v) is 2.10. The second-order valence-corrected chi connectivity index (χ2v) is 5.47. The lowest BCUT2D eigenvalue weighted by Crippen LogP contribution is -2.24. The fraction of sp³-hybridized carbons (Fsp3) is 0.375. The Morgan fingerprint density at radius 2 is 2.00 bits per heavy atom. The molecule has 4 nitrogen and oxygen atoms in total. The first kappa shape index (κ1) is 14.3. The second-order valence-electron chi connectivity index (χ2n) is 5.47. The first-order valence-corrected chi connectivity index (χ1v) is 6.85. The summed E-state index contributed by atoms with van der Waals surface area (Å²) in [5.74, 6) is 0. The molecule has 0 aliphatic rings. The maximum atomic E-state index is 12.1. The standard InChI is InChI=1S/C16H21N3O/c1-11(2)18-15-8-16(20)19(17-9-15)10-14-7-12(3)5-6-13(14)4/h5-9,11,18H,10H2,1-4H3. The van der Waals surface area contributed by atoms with Crippen LogP contribution in [0.1, 0.15) is 30.5 Å². The lowest BCUT2D eigenvalue weighted by molar-refractivity contribution is 0.636. The SMILES string of the molecule is Cc1ccc(C)c(Cn2ncc(NC(C)C)cc2=O)c1. The van der Waals surface area contributed by atoms with E-state index in [9.17, 15) is 4.79 Å². The number of hydrogen-bond donors (Lipinski definition) is 1. The maximum absolute atomic E-state index is 12.1. The Hall–Kier alpha value is -2.10. The molecule has 4 heteroatoms. The molecular formula is C16H21N3O. The van der Waals surface area contributed by atoms with E-state index in [-0.39, 0.29) is 11.6 Å². The van der Waals surface area contributed by atoms with Crippen molar-refractivity contribution >= 4 is 5.69 Å². The predicted octanol–water partition coefficient (Wildman–Crippen LogP) is 2.73. The molecular weight excluding hydrogens is 250 g/mol. The van der Waals surface area contributed by atoms with Gasteiger partial charge >= 0.3 is 0 Å². The average Bonchev–Trinajstić information content (AvgIpc) is 2.36. The predicted molar refractivity (Wildman–Crippen MR) is 82.3 cm³/mol. The van der Waals surface area contributed by atoms with Gasteiger partial charge in [0.2, 0.25) is 0 Å². The van der Waals surface area contributed by atoms with Gasteiger partial charge in [-0.15, -0.1) is 0 Å². The van der Waals surface area contributed by atoms with Gasteiger partial charge in [0.1, 0.15) is 0 Å². The fourth-order valence-electron chi connectivity index (χ4n) is 2.10. The highest BCUT2D eigenvalue weighted by Crippen LogP contribution is 2.11. The van der Waals surface area contributed by atoms with Gasteiger partial charge in [-0.25, -0.2) is 4.68 Å². The van der Waals surface area contributed by atoms with Crippen LogP contribution in [0.5, 0.6) is 0 Å². The van der Waals surface area contributed by atoms with Crippen molar-refractivity contribution in [1.82, 2.24) is 9.78 Å². The van der Waals surface area contributed by atoms with Gasteiger partial charge in [-0.1, -0.05) is 23.8 Å². The Kier molecular flexibility index (Phi) is 4.23. The molecule has 0 radical (unpaired) electrons. The minimum absolute atomic E-state index is 0.0865. The van der Waals surface area contributed by atoms with E-state index in [1.54, 1.807) is 12.3 Å². The zero-order chi connectivity index (χ0) is 14.7. The van der Waals surface area contributed by atoms with Gasteiger partial charge in [-0.2, -0.15) is 5.10 Å². The third-order valence-electron chi connectivity index (χ3n) is 3.15. The van der Waals surface area contributed by atoms with E-state index in [2.05, 4.69) is 42.5 Å². The van der Waals surface area contributed by atoms with E-state index in [4.69, 9.17) is 0 Å². The Morgan fingerprint density at radius 3 is 2.65 bits per heavy atom. The molecule has 0 bridgehead atoms. The summed E-state index contributed by atoms with van der Waals surface area (Å²) in [4.78, 5) is 12.1. The molecule has 0 atom stereocenters. The van der Waals surface area contributed by atoms with E-state index in [1.807, 2.05) is 13.8 Å². The number of rotatable bonds is 4. The molecule has 1 aromatic heterocycles. The monoisotopic (exact) mass is 271 g/mol. The van der Waals surface area contributed by atoms with Gasteiger partial charge < -0.3 is 5.32 Å². The highest BCUT2D eigenvalue weighted by molar-refractivity contribution is 5.39. The normalized spacial score (nSPS) is 10.8. The molecule has 0 aliphatic carbocycles. The molecule has 0 unspecified atom stereocenters. The van der Waals surface area contributed by atoms with Gasteiger partial charge in [0.15, 0.2) is 0 Å². The number of anilines is 1. The van der Waals surface area contributed by atoms with Crippen LogP contribution in [0.25, 0.3) is 0 Å². The van der Waals surface area contributed by atoms with Crippen molar-refractivity contribution in [2.45, 2.75) is 40.3 Å². The van der Waals surface area contributed by atoms with Crippen LogP contribution in [0.3, 0.4) is 0 Å². The van der Waals surface area contributed by atoms with E-state index in [0.717, 1.165) is 11.3 Å². The summed E-state index contributed by atoms with van der Waals surface area (Å²) in [6, 6.07) is 8.13. The molecule has 0 amide bonds. The number of aryl methyl sites for hydroxylation is 2. The zero-order valence-corrected chi connectivity index (χ0v) is 12.5. The number of benzene rings is 1. The van der Waals surface area contributed by atoms with Crippen LogP contribution < -0.4 is 10.9 Å². The number of nitrogens with one attached hydrogen (secondary N) is 1. The van der Waals surface area contributed by atoms with Crippen molar-refractivity contribution < 1.29 is 0 Å². The molecule has 1 aromatic carbocycles. The van der Waals surface area contributed by atoms with E-state index in [1.165, 1.54) is 15.8 Å². The third-order valence-corrected chi connectivity index (χ3v) is 3.15. The lowest BCUT2D eigenvalue weighted by atomic mass is 10.1. The Labute approximate surface area is 119 Å². The van der Waals surface area contributed by atoms with E-state index in [0.29, 0.717) is 6.54 Å². The van der Waals surface area contributed by atoms with Crippen molar-refractivity contribution in [3.05, 3.63) is 57.5 Å². The highest BCUT2D eigenvalue weighted by atomic mass is 16.1. The topological polar surface area (TPSA) is 46.9 Å². The summed E-state index contributed by atoms with van der Waals surface area (Å²) >= 11 is 0. The van der Waals surface area contributed by atoms with Crippen molar-refractivity contribution in [3.8, 4) is 0 Å². The van der Waals surface area contributed by atoms with Crippen LogP contribution in [-0.4, -0.2) is 15.8 Å². The molecule has 0 fully saturated rings. The van der Waals surface area contributed by atoms with Gasteiger partial charge in [0.25, 0.3) is 5.56 Å². The van der Waals surface area contributed by atoms with Crippen LogP contribution in [0, 0.1) is 13.8 Å². The number of nitrogens with zero attached hydrogens (tertiary/aromatic N) is 2. The zero-order valence-electron chi connectivity index (χ0n) is 12.5. The van der Waals surface area contributed by atoms with Crippen LogP contribution >= 0.6 is 0 Å². The van der Waals surface area contributed by atoms with Crippen LogP contribution in [0.4, 0.5) is 5.69 Å². The second kappa shape index (κ2) is 5.90. The Balaban J connectivity index is 2.26. The number of hydrogen-bond acceptors (Lipinski definition) is 3. The first-order valence-electron chi connectivity index (χ1n) is 6.85. The molecule has 2 aromatic rings. The molecule has 1 N–H and O–H groups in total. The number of aromatic nitrogens is 2. The molecule has 20 heavy (non-hydrogen) atoms. The molecule has 106 valence electrons. The summed E-state index contributed by atoms with van der Waals surface area (Å²) in [6.45, 7) is 8.67. The van der Waals surface area contributed by atoms with Gasteiger partial charge in [-0.3, -0.25) is 4.79 Å². The van der Waals surface area contributed by atoms with Crippen molar-refractivity contribution in [3.63, 3.8) is 0 Å². The molecule has 0 spiro atoms.